The zero-order valence-corrected chi connectivity index (χ0v) is 12.3. The van der Waals surface area contributed by atoms with E-state index in [4.69, 9.17) is 15.2 Å². The summed E-state index contributed by atoms with van der Waals surface area (Å²) in [6.07, 6.45) is 3.02. The van der Waals surface area contributed by atoms with Gasteiger partial charge in [-0.2, -0.15) is 0 Å². The Balaban J connectivity index is 1.76. The molecule has 0 bridgehead atoms. The van der Waals surface area contributed by atoms with Gasteiger partial charge in [0.05, 0.1) is 7.11 Å². The van der Waals surface area contributed by atoms with Gasteiger partial charge in [-0.1, -0.05) is 42.5 Å². The Hall–Kier alpha value is -2.00. The van der Waals surface area contributed by atoms with Crippen molar-refractivity contribution in [3.63, 3.8) is 0 Å². The Bertz CT molecular complexity index is 606. The van der Waals surface area contributed by atoms with Crippen LogP contribution in [-0.2, 0) is 13.0 Å². The van der Waals surface area contributed by atoms with E-state index in [1.54, 1.807) is 7.11 Å². The molecule has 0 amide bonds. The first-order valence-corrected chi connectivity index (χ1v) is 7.32. The van der Waals surface area contributed by atoms with Crippen molar-refractivity contribution < 1.29 is 9.47 Å². The largest absolute Gasteiger partial charge is 0.493 e. The molecule has 2 aromatic rings. The van der Waals surface area contributed by atoms with Crippen molar-refractivity contribution in [1.82, 2.24) is 0 Å². The Morgan fingerprint density at radius 1 is 1.05 bits per heavy atom. The van der Waals surface area contributed by atoms with Crippen molar-refractivity contribution in [3.8, 4) is 11.5 Å². The first-order chi connectivity index (χ1) is 10.2. The maximum atomic E-state index is 6.22. The zero-order chi connectivity index (χ0) is 14.7. The van der Waals surface area contributed by atoms with Crippen LogP contribution in [0.15, 0.2) is 48.5 Å². The van der Waals surface area contributed by atoms with Gasteiger partial charge in [0, 0.05) is 5.54 Å². The highest BCUT2D eigenvalue weighted by molar-refractivity contribution is 5.47. The van der Waals surface area contributed by atoms with Crippen LogP contribution in [0.1, 0.15) is 24.0 Å². The van der Waals surface area contributed by atoms with Crippen LogP contribution in [-0.4, -0.2) is 12.6 Å². The molecule has 3 rings (SSSR count). The highest BCUT2D eigenvalue weighted by Gasteiger charge is 2.38. The second kappa shape index (κ2) is 5.78. The Kier molecular flexibility index (Phi) is 3.84. The van der Waals surface area contributed by atoms with Crippen LogP contribution in [0.25, 0.3) is 0 Å². The lowest BCUT2D eigenvalue weighted by Gasteiger charge is -2.16. The van der Waals surface area contributed by atoms with E-state index < -0.39 is 0 Å². The van der Waals surface area contributed by atoms with Gasteiger partial charge in [0.15, 0.2) is 11.5 Å². The average molecular weight is 283 g/mol. The predicted octanol–water partition coefficient (Wildman–Crippen LogP) is 3.31. The van der Waals surface area contributed by atoms with E-state index >= 15 is 0 Å². The molecule has 1 fully saturated rings. The monoisotopic (exact) mass is 283 g/mol. The molecule has 1 saturated carbocycles. The quantitative estimate of drug-likeness (QED) is 0.884. The van der Waals surface area contributed by atoms with E-state index in [2.05, 4.69) is 18.2 Å². The Morgan fingerprint density at radius 2 is 1.81 bits per heavy atom. The summed E-state index contributed by atoms with van der Waals surface area (Å²) >= 11 is 0. The van der Waals surface area contributed by atoms with Gasteiger partial charge in [0.25, 0.3) is 0 Å². The topological polar surface area (TPSA) is 44.5 Å². The molecule has 0 atom stereocenters. The number of hydrogen-bond acceptors (Lipinski definition) is 3. The standard InChI is InChI=1S/C18H21NO2/c1-20-17-15(12-18(19)10-11-18)8-5-9-16(17)21-13-14-6-3-2-4-7-14/h2-9H,10-13,19H2,1H3. The lowest BCUT2D eigenvalue weighted by Crippen LogP contribution is -2.24. The van der Waals surface area contributed by atoms with Crippen LogP contribution in [0.5, 0.6) is 11.5 Å². The van der Waals surface area contributed by atoms with Crippen molar-refractivity contribution >= 4 is 0 Å². The Morgan fingerprint density at radius 3 is 2.48 bits per heavy atom. The second-order valence-corrected chi connectivity index (χ2v) is 5.76. The summed E-state index contributed by atoms with van der Waals surface area (Å²) < 4.78 is 11.5. The third-order valence-corrected chi connectivity index (χ3v) is 3.94. The lowest BCUT2D eigenvalue weighted by molar-refractivity contribution is 0.283. The summed E-state index contributed by atoms with van der Waals surface area (Å²) in [5.74, 6) is 1.59. The first-order valence-electron chi connectivity index (χ1n) is 7.32. The van der Waals surface area contributed by atoms with Crippen LogP contribution >= 0.6 is 0 Å². The minimum Gasteiger partial charge on any atom is -0.493 e. The van der Waals surface area contributed by atoms with Crippen molar-refractivity contribution in [2.45, 2.75) is 31.4 Å². The summed E-state index contributed by atoms with van der Waals surface area (Å²) in [4.78, 5) is 0. The fourth-order valence-electron chi connectivity index (χ4n) is 2.50. The smallest absolute Gasteiger partial charge is 0.163 e. The van der Waals surface area contributed by atoms with E-state index in [1.165, 1.54) is 0 Å². The van der Waals surface area contributed by atoms with Crippen LogP contribution in [0.3, 0.4) is 0 Å². The number of hydrogen-bond donors (Lipinski definition) is 1. The second-order valence-electron chi connectivity index (χ2n) is 5.76. The molecule has 2 N–H and O–H groups in total. The van der Waals surface area contributed by atoms with E-state index in [9.17, 15) is 0 Å². The molecular weight excluding hydrogens is 262 g/mol. The average Bonchev–Trinajstić information content (AvgIpc) is 3.23. The molecule has 3 heteroatoms. The van der Waals surface area contributed by atoms with Crippen LogP contribution in [0.4, 0.5) is 0 Å². The van der Waals surface area contributed by atoms with Gasteiger partial charge < -0.3 is 15.2 Å². The molecule has 0 aliphatic heterocycles. The molecule has 3 nitrogen and oxygen atoms in total. The van der Waals surface area contributed by atoms with E-state index in [-0.39, 0.29) is 5.54 Å². The number of para-hydroxylation sites is 1. The number of ether oxygens (including phenoxy) is 2. The summed E-state index contributed by atoms with van der Waals surface area (Å²) in [5.41, 5.74) is 8.45. The summed E-state index contributed by atoms with van der Waals surface area (Å²) in [6.45, 7) is 0.536. The van der Waals surface area contributed by atoms with Gasteiger partial charge >= 0.3 is 0 Å². The SMILES string of the molecule is COc1c(CC2(N)CC2)cccc1OCc1ccccc1. The molecule has 0 unspecified atom stereocenters. The van der Waals surface area contributed by atoms with Gasteiger partial charge in [0.2, 0.25) is 0 Å². The van der Waals surface area contributed by atoms with Gasteiger partial charge in [-0.05, 0) is 36.5 Å². The minimum absolute atomic E-state index is 0.0364. The maximum absolute atomic E-state index is 6.22. The van der Waals surface area contributed by atoms with Crippen molar-refractivity contribution in [2.75, 3.05) is 7.11 Å². The van der Waals surface area contributed by atoms with E-state index in [0.717, 1.165) is 41.9 Å². The van der Waals surface area contributed by atoms with Gasteiger partial charge in [-0.3, -0.25) is 0 Å². The highest BCUT2D eigenvalue weighted by atomic mass is 16.5. The van der Waals surface area contributed by atoms with E-state index in [0.29, 0.717) is 6.61 Å². The molecule has 0 saturated heterocycles. The third kappa shape index (κ3) is 3.37. The summed E-state index contributed by atoms with van der Waals surface area (Å²) in [5, 5.41) is 0. The van der Waals surface area contributed by atoms with Gasteiger partial charge in [-0.25, -0.2) is 0 Å². The number of rotatable bonds is 6. The zero-order valence-electron chi connectivity index (χ0n) is 12.3. The number of methoxy groups -OCH3 is 1. The van der Waals surface area contributed by atoms with E-state index in [1.807, 2.05) is 30.3 Å². The number of benzene rings is 2. The van der Waals surface area contributed by atoms with Gasteiger partial charge in [0.1, 0.15) is 6.61 Å². The molecule has 1 aliphatic rings. The first kappa shape index (κ1) is 14.0. The normalized spacial score (nSPS) is 15.5. The molecular formula is C18H21NO2. The lowest BCUT2D eigenvalue weighted by atomic mass is 10.0. The van der Waals surface area contributed by atoms with Gasteiger partial charge in [-0.15, -0.1) is 0 Å². The van der Waals surface area contributed by atoms with Crippen molar-refractivity contribution in [2.24, 2.45) is 5.73 Å². The van der Waals surface area contributed by atoms with Crippen molar-refractivity contribution in [3.05, 3.63) is 59.7 Å². The summed E-state index contributed by atoms with van der Waals surface area (Å²) in [6, 6.07) is 16.1. The molecule has 0 radical (unpaired) electrons. The molecule has 1 aliphatic carbocycles. The molecule has 0 aromatic heterocycles. The maximum Gasteiger partial charge on any atom is 0.163 e. The van der Waals surface area contributed by atoms with Crippen LogP contribution in [0.2, 0.25) is 0 Å². The van der Waals surface area contributed by atoms with Crippen LogP contribution in [0, 0.1) is 0 Å². The summed E-state index contributed by atoms with van der Waals surface area (Å²) in [7, 11) is 1.68. The van der Waals surface area contributed by atoms with Crippen molar-refractivity contribution in [1.29, 1.82) is 0 Å². The molecule has 2 aromatic carbocycles. The third-order valence-electron chi connectivity index (χ3n) is 3.94. The minimum atomic E-state index is -0.0364. The molecule has 0 spiro atoms. The van der Waals surface area contributed by atoms with Crippen LogP contribution < -0.4 is 15.2 Å². The Labute approximate surface area is 125 Å². The molecule has 21 heavy (non-hydrogen) atoms. The predicted molar refractivity (Wildman–Crippen MR) is 83.6 cm³/mol. The highest BCUT2D eigenvalue weighted by Crippen LogP contribution is 2.40. The fraction of sp³-hybridized carbons (Fsp3) is 0.333. The number of nitrogens with two attached hydrogens (primary N) is 1. The molecule has 0 heterocycles. The molecule has 110 valence electrons. The fourth-order valence-corrected chi connectivity index (χ4v) is 2.50.